The third-order valence-corrected chi connectivity index (χ3v) is 3.77. The van der Waals surface area contributed by atoms with Gasteiger partial charge in [-0.15, -0.1) is 11.6 Å². The molecule has 0 N–H and O–H groups in total. The molecule has 3 heterocycles. The molecule has 7 heteroatoms. The molecule has 1 unspecified atom stereocenters. The van der Waals surface area contributed by atoms with Crippen LogP contribution >= 0.6 is 11.6 Å². The molecule has 0 spiro atoms. The number of rotatable bonds is 3. The van der Waals surface area contributed by atoms with Crippen LogP contribution in [0.25, 0.3) is 11.2 Å². The number of nitrogens with zero attached hydrogens (tertiary/aromatic N) is 5. The van der Waals surface area contributed by atoms with Gasteiger partial charge in [-0.2, -0.15) is 4.98 Å². The SMILES string of the molecule is COc1ncnc2c1nc(C(C)Cl)n2N1CCCCC1. The highest BCUT2D eigenvalue weighted by Gasteiger charge is 2.24. The van der Waals surface area contributed by atoms with E-state index in [9.17, 15) is 0 Å². The normalized spacial score (nSPS) is 17.4. The Morgan fingerprint density at radius 1 is 1.25 bits per heavy atom. The number of piperidine rings is 1. The van der Waals surface area contributed by atoms with E-state index in [2.05, 4.69) is 20.0 Å². The average molecular weight is 296 g/mol. The van der Waals surface area contributed by atoms with Crippen LogP contribution in [0.4, 0.5) is 0 Å². The first-order valence-corrected chi connectivity index (χ1v) is 7.32. The molecule has 0 aliphatic carbocycles. The van der Waals surface area contributed by atoms with Crippen LogP contribution in [0.15, 0.2) is 6.33 Å². The van der Waals surface area contributed by atoms with Gasteiger partial charge in [0.05, 0.1) is 12.5 Å². The van der Waals surface area contributed by atoms with Gasteiger partial charge in [-0.25, -0.2) is 14.6 Å². The van der Waals surface area contributed by atoms with Crippen molar-refractivity contribution in [2.45, 2.75) is 31.6 Å². The van der Waals surface area contributed by atoms with E-state index >= 15 is 0 Å². The zero-order valence-corrected chi connectivity index (χ0v) is 12.5. The van der Waals surface area contributed by atoms with Gasteiger partial charge >= 0.3 is 0 Å². The fraction of sp³-hybridized carbons (Fsp3) is 0.615. The lowest BCUT2D eigenvalue weighted by molar-refractivity contribution is 0.401. The minimum Gasteiger partial charge on any atom is -0.479 e. The second kappa shape index (κ2) is 5.44. The largest absolute Gasteiger partial charge is 0.479 e. The molecule has 2 aromatic rings. The topological polar surface area (TPSA) is 56.1 Å². The maximum Gasteiger partial charge on any atom is 0.245 e. The number of hydrogen-bond acceptors (Lipinski definition) is 5. The molecule has 6 nitrogen and oxygen atoms in total. The molecule has 0 bridgehead atoms. The van der Waals surface area contributed by atoms with Gasteiger partial charge in [0, 0.05) is 13.1 Å². The summed E-state index contributed by atoms with van der Waals surface area (Å²) in [4.78, 5) is 13.1. The number of ether oxygens (including phenoxy) is 1. The highest BCUT2D eigenvalue weighted by atomic mass is 35.5. The van der Waals surface area contributed by atoms with Crippen LogP contribution in [0, 0.1) is 0 Å². The molecule has 0 aromatic carbocycles. The molecule has 0 saturated carbocycles. The zero-order chi connectivity index (χ0) is 14.1. The molecule has 108 valence electrons. The molecule has 3 rings (SSSR count). The maximum atomic E-state index is 6.30. The Kier molecular flexibility index (Phi) is 3.65. The van der Waals surface area contributed by atoms with E-state index < -0.39 is 0 Å². The van der Waals surface area contributed by atoms with Gasteiger partial charge in [0.15, 0.2) is 11.2 Å². The summed E-state index contributed by atoms with van der Waals surface area (Å²) in [6, 6.07) is 0. The Hall–Kier alpha value is -1.56. The fourth-order valence-electron chi connectivity index (χ4n) is 2.64. The quantitative estimate of drug-likeness (QED) is 0.813. The van der Waals surface area contributed by atoms with Crippen molar-refractivity contribution in [2.75, 3.05) is 25.2 Å². The van der Waals surface area contributed by atoms with Gasteiger partial charge < -0.3 is 9.75 Å². The summed E-state index contributed by atoms with van der Waals surface area (Å²) >= 11 is 6.30. The summed E-state index contributed by atoms with van der Waals surface area (Å²) in [5.74, 6) is 1.28. The molecule has 1 fully saturated rings. The van der Waals surface area contributed by atoms with Gasteiger partial charge in [0.1, 0.15) is 12.2 Å². The average Bonchev–Trinajstić information content (AvgIpc) is 2.87. The minimum absolute atomic E-state index is 0.198. The van der Waals surface area contributed by atoms with Crippen molar-refractivity contribution in [2.24, 2.45) is 0 Å². The van der Waals surface area contributed by atoms with Crippen molar-refractivity contribution in [1.29, 1.82) is 0 Å². The third kappa shape index (κ3) is 2.18. The summed E-state index contributed by atoms with van der Waals surface area (Å²) in [7, 11) is 1.59. The van der Waals surface area contributed by atoms with Gasteiger partial charge in [-0.05, 0) is 26.2 Å². The lowest BCUT2D eigenvalue weighted by atomic mass is 10.2. The van der Waals surface area contributed by atoms with E-state index in [0.29, 0.717) is 11.4 Å². The second-order valence-electron chi connectivity index (χ2n) is 4.97. The molecule has 2 aromatic heterocycles. The Balaban J connectivity index is 2.18. The highest BCUT2D eigenvalue weighted by molar-refractivity contribution is 6.20. The van der Waals surface area contributed by atoms with E-state index in [1.807, 2.05) is 11.6 Å². The molecule has 0 radical (unpaired) electrons. The van der Waals surface area contributed by atoms with Crippen molar-refractivity contribution in [3.63, 3.8) is 0 Å². The zero-order valence-electron chi connectivity index (χ0n) is 11.7. The van der Waals surface area contributed by atoms with Crippen LogP contribution < -0.4 is 9.75 Å². The molecule has 20 heavy (non-hydrogen) atoms. The minimum atomic E-state index is -0.198. The molecule has 0 amide bonds. The van der Waals surface area contributed by atoms with E-state index in [-0.39, 0.29) is 5.38 Å². The first kappa shape index (κ1) is 13.4. The van der Waals surface area contributed by atoms with Crippen molar-refractivity contribution in [3.05, 3.63) is 12.2 Å². The number of imidazole rings is 1. The molecule has 1 aliphatic heterocycles. The number of alkyl halides is 1. The van der Waals surface area contributed by atoms with Gasteiger partial charge in [-0.3, -0.25) is 0 Å². The third-order valence-electron chi connectivity index (χ3n) is 3.58. The lowest BCUT2D eigenvalue weighted by Gasteiger charge is -2.31. The highest BCUT2D eigenvalue weighted by Crippen LogP contribution is 2.28. The summed E-state index contributed by atoms with van der Waals surface area (Å²) in [6.07, 6.45) is 5.13. The van der Waals surface area contributed by atoms with Gasteiger partial charge in [0.2, 0.25) is 5.88 Å². The Labute approximate surface area is 122 Å². The van der Waals surface area contributed by atoms with Crippen molar-refractivity contribution in [3.8, 4) is 5.88 Å². The Morgan fingerprint density at radius 2 is 2.00 bits per heavy atom. The number of hydrogen-bond donors (Lipinski definition) is 0. The summed E-state index contributed by atoms with van der Waals surface area (Å²) in [6.45, 7) is 3.91. The van der Waals surface area contributed by atoms with E-state index in [0.717, 1.165) is 24.6 Å². The standard InChI is InChI=1S/C13H18ClN5O/c1-9(14)11-17-10-12(15-8-16-13(10)20-2)19(11)18-6-4-3-5-7-18/h8-9H,3-7H2,1-2H3. The maximum absolute atomic E-state index is 6.30. The van der Waals surface area contributed by atoms with Crippen LogP contribution in [-0.2, 0) is 0 Å². The first-order valence-electron chi connectivity index (χ1n) is 6.89. The molecule has 1 aliphatic rings. The lowest BCUT2D eigenvalue weighted by Crippen LogP contribution is -2.40. The molecular weight excluding hydrogens is 278 g/mol. The van der Waals surface area contributed by atoms with Crippen LogP contribution in [0.1, 0.15) is 37.4 Å². The summed E-state index contributed by atoms with van der Waals surface area (Å²) in [5.41, 5.74) is 1.43. The molecule has 1 saturated heterocycles. The monoisotopic (exact) mass is 295 g/mol. The van der Waals surface area contributed by atoms with E-state index in [1.165, 1.54) is 25.6 Å². The van der Waals surface area contributed by atoms with Gasteiger partial charge in [0.25, 0.3) is 0 Å². The fourth-order valence-corrected chi connectivity index (χ4v) is 2.78. The van der Waals surface area contributed by atoms with Crippen molar-refractivity contribution < 1.29 is 4.74 Å². The number of halogens is 1. The molecular formula is C13H18ClN5O. The summed E-state index contributed by atoms with van der Waals surface area (Å²) < 4.78 is 7.31. The van der Waals surface area contributed by atoms with Gasteiger partial charge in [-0.1, -0.05) is 0 Å². The van der Waals surface area contributed by atoms with Crippen molar-refractivity contribution in [1.82, 2.24) is 19.6 Å². The molecule has 1 atom stereocenters. The second-order valence-corrected chi connectivity index (χ2v) is 5.62. The van der Waals surface area contributed by atoms with E-state index in [1.54, 1.807) is 7.11 Å². The van der Waals surface area contributed by atoms with E-state index in [4.69, 9.17) is 16.3 Å². The number of aromatic nitrogens is 4. The number of fused-ring (bicyclic) bond motifs is 1. The van der Waals surface area contributed by atoms with Crippen LogP contribution in [0.5, 0.6) is 5.88 Å². The van der Waals surface area contributed by atoms with Crippen LogP contribution in [0.2, 0.25) is 0 Å². The van der Waals surface area contributed by atoms with Crippen molar-refractivity contribution >= 4 is 22.8 Å². The smallest absolute Gasteiger partial charge is 0.245 e. The first-order chi connectivity index (χ1) is 9.72. The Bertz CT molecular complexity index is 606. The summed E-state index contributed by atoms with van der Waals surface area (Å²) in [5, 5.41) is 2.07. The van der Waals surface area contributed by atoms with Crippen LogP contribution in [-0.4, -0.2) is 39.8 Å². The number of methoxy groups -OCH3 is 1. The predicted molar refractivity (Wildman–Crippen MR) is 77.9 cm³/mol. The van der Waals surface area contributed by atoms with Crippen LogP contribution in [0.3, 0.4) is 0 Å². The Morgan fingerprint density at radius 3 is 2.65 bits per heavy atom. The predicted octanol–water partition coefficient (Wildman–Crippen LogP) is 2.26.